The molecule has 0 atom stereocenters. The standard InChI is InChI=1S/C17H18BrN5O3/c1-10-15(18)11(2)23(21-10)13-5-3-12(4-6-13)16(25)19-7-8-22-14(24)9-20-17(22)26/h3-6H,7-9H2,1-2H3,(H,19,25)(H,20,26). The van der Waals surface area contributed by atoms with Gasteiger partial charge in [0.2, 0.25) is 5.91 Å². The predicted molar refractivity (Wildman–Crippen MR) is 98.2 cm³/mol. The van der Waals surface area contributed by atoms with Crippen molar-refractivity contribution in [3.05, 3.63) is 45.7 Å². The smallest absolute Gasteiger partial charge is 0.324 e. The fourth-order valence-electron chi connectivity index (χ4n) is 2.69. The topological polar surface area (TPSA) is 96.3 Å². The van der Waals surface area contributed by atoms with Crippen molar-refractivity contribution in [1.29, 1.82) is 0 Å². The summed E-state index contributed by atoms with van der Waals surface area (Å²) in [5.41, 5.74) is 3.22. The van der Waals surface area contributed by atoms with Gasteiger partial charge in [0, 0.05) is 18.7 Å². The quantitative estimate of drug-likeness (QED) is 0.718. The molecule has 0 bridgehead atoms. The fraction of sp³-hybridized carbons (Fsp3) is 0.294. The number of nitrogens with zero attached hydrogens (tertiary/aromatic N) is 3. The van der Waals surface area contributed by atoms with Gasteiger partial charge in [0.1, 0.15) is 0 Å². The van der Waals surface area contributed by atoms with E-state index in [9.17, 15) is 14.4 Å². The highest BCUT2D eigenvalue weighted by Gasteiger charge is 2.27. The van der Waals surface area contributed by atoms with E-state index in [4.69, 9.17) is 0 Å². The van der Waals surface area contributed by atoms with E-state index in [1.165, 1.54) is 0 Å². The predicted octanol–water partition coefficient (Wildman–Crippen LogP) is 1.53. The molecule has 1 saturated heterocycles. The molecule has 26 heavy (non-hydrogen) atoms. The molecule has 0 spiro atoms. The molecule has 0 aliphatic carbocycles. The number of aromatic nitrogens is 2. The monoisotopic (exact) mass is 419 g/mol. The zero-order valence-corrected chi connectivity index (χ0v) is 16.0. The lowest BCUT2D eigenvalue weighted by Crippen LogP contribution is -2.38. The lowest BCUT2D eigenvalue weighted by Gasteiger charge is -2.13. The summed E-state index contributed by atoms with van der Waals surface area (Å²) in [6.07, 6.45) is 0. The Morgan fingerprint density at radius 3 is 2.50 bits per heavy atom. The van der Waals surface area contributed by atoms with Crippen LogP contribution in [0.2, 0.25) is 0 Å². The Bertz CT molecular complexity index is 859. The van der Waals surface area contributed by atoms with E-state index >= 15 is 0 Å². The molecule has 2 aromatic rings. The second-order valence-corrected chi connectivity index (χ2v) is 6.70. The average Bonchev–Trinajstić information content (AvgIpc) is 3.09. The maximum absolute atomic E-state index is 12.2. The molecule has 0 unspecified atom stereocenters. The van der Waals surface area contributed by atoms with Crippen LogP contribution in [0.4, 0.5) is 4.79 Å². The Morgan fingerprint density at radius 2 is 1.96 bits per heavy atom. The third kappa shape index (κ3) is 3.48. The number of imide groups is 1. The van der Waals surface area contributed by atoms with Crippen LogP contribution in [-0.4, -0.2) is 52.2 Å². The highest BCUT2D eigenvalue weighted by molar-refractivity contribution is 9.10. The van der Waals surface area contributed by atoms with Crippen LogP contribution in [0.25, 0.3) is 5.69 Å². The second-order valence-electron chi connectivity index (χ2n) is 5.90. The molecule has 4 amide bonds. The SMILES string of the molecule is Cc1nn(-c2ccc(C(=O)NCCN3C(=O)CNC3=O)cc2)c(C)c1Br. The van der Waals surface area contributed by atoms with Gasteiger partial charge in [-0.3, -0.25) is 14.5 Å². The number of carbonyl (C=O) groups is 3. The number of amides is 4. The number of carbonyl (C=O) groups excluding carboxylic acids is 3. The first kappa shape index (κ1) is 18.1. The zero-order valence-electron chi connectivity index (χ0n) is 14.4. The van der Waals surface area contributed by atoms with E-state index in [1.807, 2.05) is 26.0 Å². The number of urea groups is 1. The average molecular weight is 420 g/mol. The van der Waals surface area contributed by atoms with Gasteiger partial charge in [-0.05, 0) is 54.0 Å². The van der Waals surface area contributed by atoms with Gasteiger partial charge in [0.05, 0.1) is 28.1 Å². The Labute approximate surface area is 158 Å². The maximum Gasteiger partial charge on any atom is 0.324 e. The Kier molecular flexibility index (Phi) is 5.08. The van der Waals surface area contributed by atoms with Crippen LogP contribution in [0, 0.1) is 13.8 Å². The third-order valence-electron chi connectivity index (χ3n) is 4.14. The fourth-order valence-corrected chi connectivity index (χ4v) is 2.94. The molecule has 1 aromatic carbocycles. The lowest BCUT2D eigenvalue weighted by molar-refractivity contribution is -0.124. The van der Waals surface area contributed by atoms with Crippen LogP contribution in [0.15, 0.2) is 28.7 Å². The van der Waals surface area contributed by atoms with Crippen LogP contribution in [0.1, 0.15) is 21.7 Å². The van der Waals surface area contributed by atoms with E-state index in [0.717, 1.165) is 26.4 Å². The van der Waals surface area contributed by atoms with Crippen LogP contribution < -0.4 is 10.6 Å². The van der Waals surface area contributed by atoms with Gasteiger partial charge in [0.15, 0.2) is 0 Å². The van der Waals surface area contributed by atoms with E-state index in [2.05, 4.69) is 31.7 Å². The molecular formula is C17H18BrN5O3. The third-order valence-corrected chi connectivity index (χ3v) is 5.28. The minimum absolute atomic E-state index is 0.0106. The molecule has 1 aliphatic rings. The van der Waals surface area contributed by atoms with Crippen molar-refractivity contribution in [2.24, 2.45) is 0 Å². The van der Waals surface area contributed by atoms with Crippen molar-refractivity contribution in [2.45, 2.75) is 13.8 Å². The molecule has 136 valence electrons. The first-order valence-corrected chi connectivity index (χ1v) is 8.86. The summed E-state index contributed by atoms with van der Waals surface area (Å²) in [7, 11) is 0. The number of benzene rings is 1. The summed E-state index contributed by atoms with van der Waals surface area (Å²) >= 11 is 3.50. The first-order chi connectivity index (χ1) is 12.4. The molecular weight excluding hydrogens is 402 g/mol. The highest BCUT2D eigenvalue weighted by atomic mass is 79.9. The molecule has 2 N–H and O–H groups in total. The van der Waals surface area contributed by atoms with Gasteiger partial charge in [-0.1, -0.05) is 0 Å². The normalized spacial score (nSPS) is 13.9. The van der Waals surface area contributed by atoms with Crippen molar-refractivity contribution in [3.8, 4) is 5.69 Å². The Balaban J connectivity index is 1.61. The minimum Gasteiger partial charge on any atom is -0.350 e. The van der Waals surface area contributed by atoms with Gasteiger partial charge in [-0.2, -0.15) is 5.10 Å². The van der Waals surface area contributed by atoms with Crippen molar-refractivity contribution in [2.75, 3.05) is 19.6 Å². The summed E-state index contributed by atoms with van der Waals surface area (Å²) in [5.74, 6) is -0.553. The molecule has 9 heteroatoms. The Hall–Kier alpha value is -2.68. The molecule has 1 aliphatic heterocycles. The largest absolute Gasteiger partial charge is 0.350 e. The summed E-state index contributed by atoms with van der Waals surface area (Å²) in [5, 5.41) is 9.60. The summed E-state index contributed by atoms with van der Waals surface area (Å²) in [6.45, 7) is 4.23. The van der Waals surface area contributed by atoms with Gasteiger partial charge in [0.25, 0.3) is 5.91 Å². The van der Waals surface area contributed by atoms with Crippen LogP contribution in [-0.2, 0) is 4.79 Å². The van der Waals surface area contributed by atoms with Crippen molar-refractivity contribution in [3.63, 3.8) is 0 Å². The van der Waals surface area contributed by atoms with E-state index in [1.54, 1.807) is 16.8 Å². The zero-order chi connectivity index (χ0) is 18.8. The molecule has 3 rings (SSSR count). The molecule has 1 aromatic heterocycles. The summed E-state index contributed by atoms with van der Waals surface area (Å²) in [4.78, 5) is 36.2. The van der Waals surface area contributed by atoms with Crippen molar-refractivity contribution in [1.82, 2.24) is 25.3 Å². The van der Waals surface area contributed by atoms with E-state index < -0.39 is 6.03 Å². The molecule has 1 fully saturated rings. The number of hydrogen-bond donors (Lipinski definition) is 2. The molecule has 8 nitrogen and oxygen atoms in total. The summed E-state index contributed by atoms with van der Waals surface area (Å²) < 4.78 is 2.76. The Morgan fingerprint density at radius 1 is 1.27 bits per heavy atom. The van der Waals surface area contributed by atoms with Gasteiger partial charge >= 0.3 is 6.03 Å². The van der Waals surface area contributed by atoms with Crippen molar-refractivity contribution >= 4 is 33.8 Å². The molecule has 2 heterocycles. The maximum atomic E-state index is 12.2. The number of aryl methyl sites for hydroxylation is 1. The number of halogens is 1. The minimum atomic E-state index is -0.426. The van der Waals surface area contributed by atoms with Crippen LogP contribution in [0.3, 0.4) is 0 Å². The molecule has 0 saturated carbocycles. The van der Waals surface area contributed by atoms with Gasteiger partial charge < -0.3 is 10.6 Å². The van der Waals surface area contributed by atoms with Crippen LogP contribution in [0.5, 0.6) is 0 Å². The number of rotatable bonds is 5. The van der Waals surface area contributed by atoms with Gasteiger partial charge in [-0.15, -0.1) is 0 Å². The summed E-state index contributed by atoms with van der Waals surface area (Å²) in [6, 6.07) is 6.63. The van der Waals surface area contributed by atoms with Crippen molar-refractivity contribution < 1.29 is 14.4 Å². The van der Waals surface area contributed by atoms with E-state index in [-0.39, 0.29) is 31.4 Å². The molecule has 0 radical (unpaired) electrons. The highest BCUT2D eigenvalue weighted by Crippen LogP contribution is 2.23. The van der Waals surface area contributed by atoms with E-state index in [0.29, 0.717) is 5.56 Å². The first-order valence-electron chi connectivity index (χ1n) is 8.07. The lowest BCUT2D eigenvalue weighted by atomic mass is 10.2. The number of hydrogen-bond acceptors (Lipinski definition) is 4. The van der Waals surface area contributed by atoms with Gasteiger partial charge in [-0.25, -0.2) is 9.48 Å². The number of nitrogens with one attached hydrogen (secondary N) is 2. The second kappa shape index (κ2) is 7.28. The van der Waals surface area contributed by atoms with Crippen LogP contribution >= 0.6 is 15.9 Å².